The van der Waals surface area contributed by atoms with Crippen LogP contribution in [0.5, 0.6) is 0 Å². The molecule has 6 rings (SSSR count). The van der Waals surface area contributed by atoms with E-state index in [1.807, 2.05) is 6.33 Å². The van der Waals surface area contributed by atoms with Gasteiger partial charge in [-0.25, -0.2) is 4.57 Å². The fraction of sp³-hybridized carbons (Fsp3) is 0.438. The van der Waals surface area contributed by atoms with Crippen LogP contribution in [-0.2, 0) is 7.05 Å². The third-order valence-corrected chi connectivity index (χ3v) is 9.73. The lowest BCUT2D eigenvalue weighted by atomic mass is 9.66. The van der Waals surface area contributed by atoms with Gasteiger partial charge in [0.15, 0.2) is 5.52 Å². The summed E-state index contributed by atoms with van der Waals surface area (Å²) in [5.74, 6) is 0.635. The average molecular weight is 465 g/mol. The molecule has 2 heterocycles. The number of aromatic nitrogens is 2. The van der Waals surface area contributed by atoms with Crippen molar-refractivity contribution in [1.29, 1.82) is 0 Å². The van der Waals surface area contributed by atoms with E-state index in [-0.39, 0.29) is 0 Å². The molecule has 3 aromatic carbocycles. The van der Waals surface area contributed by atoms with Crippen LogP contribution in [0.2, 0.25) is 0 Å². The number of rotatable bonds is 3. The number of hydrogen-bond donors (Lipinski definition) is 0. The fourth-order valence-corrected chi connectivity index (χ4v) is 7.28. The zero-order valence-electron chi connectivity index (χ0n) is 22.2. The molecule has 1 aromatic heterocycles. The van der Waals surface area contributed by atoms with E-state index in [1.54, 1.807) is 0 Å². The molecule has 35 heavy (non-hydrogen) atoms. The van der Waals surface area contributed by atoms with Gasteiger partial charge in [0.05, 0.1) is 23.8 Å². The number of benzene rings is 3. The van der Waals surface area contributed by atoms with E-state index in [0.717, 1.165) is 5.52 Å². The van der Waals surface area contributed by atoms with Crippen LogP contribution >= 0.6 is 0 Å². The van der Waals surface area contributed by atoms with Gasteiger partial charge in [0.2, 0.25) is 0 Å². The molecule has 2 aliphatic rings. The molecule has 1 aliphatic heterocycles. The van der Waals surface area contributed by atoms with Crippen molar-refractivity contribution in [1.82, 2.24) is 4.98 Å². The third-order valence-electron chi connectivity index (χ3n) is 9.73. The summed E-state index contributed by atoms with van der Waals surface area (Å²) >= 11 is 0. The molecule has 0 N–H and O–H groups in total. The van der Waals surface area contributed by atoms with Gasteiger partial charge in [-0.3, -0.25) is 0 Å². The second-order valence-electron chi connectivity index (χ2n) is 11.2. The van der Waals surface area contributed by atoms with Crippen LogP contribution in [0.15, 0.2) is 42.7 Å². The fourth-order valence-electron chi connectivity index (χ4n) is 7.28. The molecular weight excluding hydrogens is 426 g/mol. The highest BCUT2D eigenvalue weighted by molar-refractivity contribution is 6.13. The Morgan fingerprint density at radius 2 is 1.66 bits per heavy atom. The zero-order chi connectivity index (χ0) is 24.5. The SMILES string of the molecule is CCC1(CC)CCC(c2cc3c4c([n+](C)cnc4c2)-c2c(c(C)c4ccccc4c2C)N3C)CC1. The Hall–Kier alpha value is -2.94. The van der Waals surface area contributed by atoms with E-state index in [4.69, 9.17) is 4.98 Å². The summed E-state index contributed by atoms with van der Waals surface area (Å²) in [4.78, 5) is 7.41. The molecule has 0 unspecified atom stereocenters. The zero-order valence-corrected chi connectivity index (χ0v) is 22.2. The average Bonchev–Trinajstić information content (AvgIpc) is 2.90. The highest BCUT2D eigenvalue weighted by Crippen LogP contribution is 2.52. The van der Waals surface area contributed by atoms with E-state index in [2.05, 4.69) is 87.7 Å². The lowest BCUT2D eigenvalue weighted by Gasteiger charge is -2.39. The van der Waals surface area contributed by atoms with Crippen molar-refractivity contribution in [3.8, 4) is 11.3 Å². The van der Waals surface area contributed by atoms with Crippen LogP contribution < -0.4 is 9.47 Å². The molecule has 0 amide bonds. The Bertz CT molecular complexity index is 1470. The van der Waals surface area contributed by atoms with E-state index in [9.17, 15) is 0 Å². The molecule has 0 saturated heterocycles. The summed E-state index contributed by atoms with van der Waals surface area (Å²) in [6.45, 7) is 9.35. The Kier molecular flexibility index (Phi) is 5.18. The smallest absolute Gasteiger partial charge is 0.287 e. The summed E-state index contributed by atoms with van der Waals surface area (Å²) in [5, 5.41) is 3.99. The molecule has 0 spiro atoms. The van der Waals surface area contributed by atoms with Crippen LogP contribution in [0.3, 0.4) is 0 Å². The molecule has 0 radical (unpaired) electrons. The van der Waals surface area contributed by atoms with Crippen LogP contribution in [-0.4, -0.2) is 12.0 Å². The Balaban J connectivity index is 1.57. The van der Waals surface area contributed by atoms with Gasteiger partial charge < -0.3 is 4.90 Å². The van der Waals surface area contributed by atoms with E-state index < -0.39 is 0 Å². The van der Waals surface area contributed by atoms with Gasteiger partial charge in [-0.05, 0) is 95.4 Å². The first kappa shape index (κ1) is 22.5. The summed E-state index contributed by atoms with van der Waals surface area (Å²) in [5.41, 5.74) is 11.2. The first-order valence-electron chi connectivity index (χ1n) is 13.5. The van der Waals surface area contributed by atoms with Crippen molar-refractivity contribution in [3.05, 3.63) is 59.4 Å². The molecule has 0 atom stereocenters. The molecule has 3 nitrogen and oxygen atoms in total. The molecule has 1 saturated carbocycles. The quantitative estimate of drug-likeness (QED) is 0.286. The largest absolute Gasteiger partial charge is 0.343 e. The topological polar surface area (TPSA) is 20.0 Å². The predicted molar refractivity (Wildman–Crippen MR) is 148 cm³/mol. The van der Waals surface area contributed by atoms with E-state index in [1.165, 1.54) is 94.0 Å². The van der Waals surface area contributed by atoms with Crippen molar-refractivity contribution in [2.45, 2.75) is 72.1 Å². The highest BCUT2D eigenvalue weighted by Gasteiger charge is 2.36. The molecule has 1 aliphatic carbocycles. The summed E-state index contributed by atoms with van der Waals surface area (Å²) in [7, 11) is 4.41. The minimum absolute atomic E-state index is 0.562. The molecule has 0 bridgehead atoms. The van der Waals surface area contributed by atoms with Crippen LogP contribution in [0.1, 0.15) is 75.0 Å². The summed E-state index contributed by atoms with van der Waals surface area (Å²) in [6.07, 6.45) is 9.93. The van der Waals surface area contributed by atoms with Gasteiger partial charge in [-0.1, -0.05) is 51.0 Å². The number of aryl methyl sites for hydroxylation is 3. The summed E-state index contributed by atoms with van der Waals surface area (Å²) < 4.78 is 2.23. The second kappa shape index (κ2) is 8.05. The van der Waals surface area contributed by atoms with Gasteiger partial charge >= 0.3 is 0 Å². The highest BCUT2D eigenvalue weighted by atomic mass is 15.1. The van der Waals surface area contributed by atoms with Gasteiger partial charge in [-0.2, -0.15) is 0 Å². The molecule has 180 valence electrons. The van der Waals surface area contributed by atoms with Crippen LogP contribution in [0, 0.1) is 19.3 Å². The van der Waals surface area contributed by atoms with E-state index >= 15 is 0 Å². The monoisotopic (exact) mass is 464 g/mol. The van der Waals surface area contributed by atoms with Gasteiger partial charge in [0.1, 0.15) is 5.69 Å². The summed E-state index contributed by atoms with van der Waals surface area (Å²) in [6, 6.07) is 13.8. The van der Waals surface area contributed by atoms with Crippen LogP contribution in [0.4, 0.5) is 11.4 Å². The predicted octanol–water partition coefficient (Wildman–Crippen LogP) is 8.04. The van der Waals surface area contributed by atoms with Gasteiger partial charge in [0, 0.05) is 12.6 Å². The Labute approximate surface area is 209 Å². The molecule has 4 aromatic rings. The number of anilines is 2. The first-order chi connectivity index (χ1) is 16.9. The van der Waals surface area contributed by atoms with Gasteiger partial charge in [0.25, 0.3) is 6.33 Å². The maximum atomic E-state index is 4.96. The minimum Gasteiger partial charge on any atom is -0.343 e. The van der Waals surface area contributed by atoms with Crippen molar-refractivity contribution in [3.63, 3.8) is 0 Å². The Morgan fingerprint density at radius 3 is 2.31 bits per heavy atom. The maximum absolute atomic E-state index is 4.96. The van der Waals surface area contributed by atoms with Gasteiger partial charge in [-0.15, -0.1) is 0 Å². The van der Waals surface area contributed by atoms with Crippen molar-refractivity contribution in [2.24, 2.45) is 12.5 Å². The van der Waals surface area contributed by atoms with Crippen molar-refractivity contribution in [2.75, 3.05) is 11.9 Å². The van der Waals surface area contributed by atoms with Crippen molar-refractivity contribution < 1.29 is 4.57 Å². The lowest BCUT2D eigenvalue weighted by molar-refractivity contribution is -0.662. The standard InChI is InChI=1S/C32H38N3/c1-7-32(8-2)15-13-22(14-16-32)23-17-26-29-27(18-23)35(6)30-21(4)25-12-10-9-11-24(25)20(3)28(30)31(29)34(5)19-33-26/h9-12,17-19,22H,7-8,13-16H2,1-6H3/q+1. The lowest BCUT2D eigenvalue weighted by Crippen LogP contribution is -2.34. The minimum atomic E-state index is 0.562. The number of hydrogen-bond acceptors (Lipinski definition) is 2. The van der Waals surface area contributed by atoms with Crippen molar-refractivity contribution >= 4 is 33.1 Å². The molecule has 3 heteroatoms. The number of fused-ring (bicyclic) bond motifs is 3. The maximum Gasteiger partial charge on any atom is 0.287 e. The Morgan fingerprint density at radius 1 is 1.00 bits per heavy atom. The van der Waals surface area contributed by atoms with E-state index in [0.29, 0.717) is 11.3 Å². The van der Waals surface area contributed by atoms with Crippen LogP contribution in [0.25, 0.3) is 32.9 Å². The number of nitrogens with zero attached hydrogens (tertiary/aromatic N) is 3. The first-order valence-corrected chi connectivity index (χ1v) is 13.5. The third kappa shape index (κ3) is 3.16. The normalized spacial score (nSPS) is 17.3. The molecule has 1 fully saturated rings. The second-order valence-corrected chi connectivity index (χ2v) is 11.2. The molecular formula is C32H38N3+.